The minimum atomic E-state index is 0.141. The number of carbonyl (C=O) groups excluding carboxylic acids is 1. The Morgan fingerprint density at radius 3 is 2.53 bits per heavy atom. The average Bonchev–Trinajstić information content (AvgIpc) is 2.27. The summed E-state index contributed by atoms with van der Waals surface area (Å²) in [4.78, 5) is 13.0. The number of likely N-dealkylation sites (N-methyl/N-ethyl adjacent to an activating group) is 1. The molecular weight excluding hydrogens is 214 g/mol. The standard InChI is InChI=1S/C14H21NO2/c1-10(2)12-6-7-13(14(8-12)17-5)15(4)9-11(3)16/h6-8,10H,9H2,1-5H3. The van der Waals surface area contributed by atoms with Crippen LogP contribution in [0.4, 0.5) is 5.69 Å². The number of ketones is 1. The summed E-state index contributed by atoms with van der Waals surface area (Å²) in [5, 5.41) is 0. The predicted octanol–water partition coefficient (Wildman–Crippen LogP) is 2.84. The molecule has 17 heavy (non-hydrogen) atoms. The molecular formula is C14H21NO2. The van der Waals surface area contributed by atoms with E-state index in [4.69, 9.17) is 4.74 Å². The molecule has 3 heteroatoms. The van der Waals surface area contributed by atoms with Crippen molar-refractivity contribution in [3.63, 3.8) is 0 Å². The number of benzene rings is 1. The van der Waals surface area contributed by atoms with Gasteiger partial charge >= 0.3 is 0 Å². The molecule has 0 N–H and O–H groups in total. The van der Waals surface area contributed by atoms with Crippen molar-refractivity contribution in [2.45, 2.75) is 26.7 Å². The Labute approximate surface area is 103 Å². The highest BCUT2D eigenvalue weighted by atomic mass is 16.5. The number of hydrogen-bond acceptors (Lipinski definition) is 3. The van der Waals surface area contributed by atoms with Crippen LogP contribution in [0.1, 0.15) is 32.3 Å². The molecule has 0 saturated heterocycles. The maximum absolute atomic E-state index is 11.1. The van der Waals surface area contributed by atoms with E-state index >= 15 is 0 Å². The van der Waals surface area contributed by atoms with Gasteiger partial charge in [-0.25, -0.2) is 0 Å². The quantitative estimate of drug-likeness (QED) is 0.786. The lowest BCUT2D eigenvalue weighted by atomic mass is 10.0. The van der Waals surface area contributed by atoms with Gasteiger partial charge in [0.05, 0.1) is 19.3 Å². The van der Waals surface area contributed by atoms with Crippen LogP contribution in [0.3, 0.4) is 0 Å². The summed E-state index contributed by atoms with van der Waals surface area (Å²) in [6, 6.07) is 6.13. The molecule has 0 aliphatic heterocycles. The van der Waals surface area contributed by atoms with E-state index in [1.807, 2.05) is 24.1 Å². The second-order valence-electron chi connectivity index (χ2n) is 4.64. The average molecular weight is 235 g/mol. The van der Waals surface area contributed by atoms with Crippen LogP contribution in [0.25, 0.3) is 0 Å². The number of methoxy groups -OCH3 is 1. The molecule has 0 heterocycles. The molecule has 0 radical (unpaired) electrons. The third-order valence-electron chi connectivity index (χ3n) is 2.74. The highest BCUT2D eigenvalue weighted by Crippen LogP contribution is 2.30. The highest BCUT2D eigenvalue weighted by molar-refractivity contribution is 5.81. The monoisotopic (exact) mass is 235 g/mol. The van der Waals surface area contributed by atoms with Gasteiger partial charge in [0.25, 0.3) is 0 Å². The second-order valence-corrected chi connectivity index (χ2v) is 4.64. The molecule has 0 spiro atoms. The second kappa shape index (κ2) is 5.71. The van der Waals surface area contributed by atoms with Gasteiger partial charge in [-0.15, -0.1) is 0 Å². The minimum absolute atomic E-state index is 0.141. The summed E-state index contributed by atoms with van der Waals surface area (Å²) in [5.41, 5.74) is 2.19. The van der Waals surface area contributed by atoms with Crippen LogP contribution in [0.2, 0.25) is 0 Å². The Balaban J connectivity index is 3.03. The molecule has 1 aromatic rings. The fraction of sp³-hybridized carbons (Fsp3) is 0.500. The first-order chi connectivity index (χ1) is 7.95. The smallest absolute Gasteiger partial charge is 0.149 e. The van der Waals surface area contributed by atoms with Gasteiger partial charge in [-0.3, -0.25) is 4.79 Å². The van der Waals surface area contributed by atoms with Gasteiger partial charge in [0, 0.05) is 7.05 Å². The Bertz CT molecular complexity index is 399. The van der Waals surface area contributed by atoms with E-state index < -0.39 is 0 Å². The fourth-order valence-corrected chi connectivity index (χ4v) is 1.79. The molecule has 0 saturated carbocycles. The largest absolute Gasteiger partial charge is 0.495 e. The number of carbonyl (C=O) groups is 1. The van der Waals surface area contributed by atoms with Gasteiger partial charge in [-0.2, -0.15) is 0 Å². The topological polar surface area (TPSA) is 29.5 Å². The zero-order valence-corrected chi connectivity index (χ0v) is 11.3. The van der Waals surface area contributed by atoms with E-state index in [1.54, 1.807) is 14.0 Å². The van der Waals surface area contributed by atoms with E-state index in [0.717, 1.165) is 11.4 Å². The number of Topliss-reactive ketones (excluding diaryl/α,β-unsaturated/α-hetero) is 1. The van der Waals surface area contributed by atoms with Gasteiger partial charge < -0.3 is 9.64 Å². The number of anilines is 1. The summed E-state index contributed by atoms with van der Waals surface area (Å²) >= 11 is 0. The lowest BCUT2D eigenvalue weighted by Gasteiger charge is -2.21. The van der Waals surface area contributed by atoms with Crippen molar-refractivity contribution in [1.82, 2.24) is 0 Å². The molecule has 94 valence electrons. The molecule has 0 bridgehead atoms. The van der Waals surface area contributed by atoms with Crippen LogP contribution in [-0.4, -0.2) is 26.5 Å². The van der Waals surface area contributed by atoms with Crippen molar-refractivity contribution >= 4 is 11.5 Å². The first kappa shape index (κ1) is 13.6. The van der Waals surface area contributed by atoms with Crippen molar-refractivity contribution in [3.05, 3.63) is 23.8 Å². The summed E-state index contributed by atoms with van der Waals surface area (Å²) in [7, 11) is 3.55. The van der Waals surface area contributed by atoms with Crippen molar-refractivity contribution in [2.24, 2.45) is 0 Å². The van der Waals surface area contributed by atoms with Crippen molar-refractivity contribution in [3.8, 4) is 5.75 Å². The number of rotatable bonds is 5. The molecule has 0 aromatic heterocycles. The zero-order chi connectivity index (χ0) is 13.0. The van der Waals surface area contributed by atoms with Crippen molar-refractivity contribution in [1.29, 1.82) is 0 Å². The van der Waals surface area contributed by atoms with Crippen molar-refractivity contribution in [2.75, 3.05) is 25.6 Å². The van der Waals surface area contributed by atoms with Gasteiger partial charge in [-0.05, 0) is 30.5 Å². The van der Waals surface area contributed by atoms with Crippen LogP contribution in [-0.2, 0) is 4.79 Å². The Kier molecular flexibility index (Phi) is 4.55. The Morgan fingerprint density at radius 1 is 1.41 bits per heavy atom. The third-order valence-corrected chi connectivity index (χ3v) is 2.74. The molecule has 0 fully saturated rings. The maximum atomic E-state index is 11.1. The van der Waals surface area contributed by atoms with E-state index in [1.165, 1.54) is 5.56 Å². The third kappa shape index (κ3) is 3.48. The lowest BCUT2D eigenvalue weighted by molar-refractivity contribution is -0.115. The fourth-order valence-electron chi connectivity index (χ4n) is 1.79. The van der Waals surface area contributed by atoms with Crippen LogP contribution >= 0.6 is 0 Å². The highest BCUT2D eigenvalue weighted by Gasteiger charge is 2.11. The molecule has 0 amide bonds. The minimum Gasteiger partial charge on any atom is -0.495 e. The molecule has 3 nitrogen and oxygen atoms in total. The summed E-state index contributed by atoms with van der Waals surface area (Å²) in [6.45, 7) is 6.28. The van der Waals surface area contributed by atoms with E-state index in [-0.39, 0.29) is 5.78 Å². The van der Waals surface area contributed by atoms with Crippen LogP contribution in [0.15, 0.2) is 18.2 Å². The summed E-state index contributed by atoms with van der Waals surface area (Å²) < 4.78 is 5.39. The number of nitrogens with zero attached hydrogens (tertiary/aromatic N) is 1. The van der Waals surface area contributed by atoms with Gasteiger partial charge in [-0.1, -0.05) is 19.9 Å². The van der Waals surface area contributed by atoms with Crippen LogP contribution in [0, 0.1) is 0 Å². The molecule has 0 aliphatic rings. The van der Waals surface area contributed by atoms with Crippen LogP contribution in [0.5, 0.6) is 5.75 Å². The van der Waals surface area contributed by atoms with Crippen molar-refractivity contribution < 1.29 is 9.53 Å². The SMILES string of the molecule is COc1cc(C(C)C)ccc1N(C)CC(C)=O. The molecule has 0 atom stereocenters. The van der Waals surface area contributed by atoms with E-state index in [0.29, 0.717) is 12.5 Å². The predicted molar refractivity (Wildman–Crippen MR) is 71.0 cm³/mol. The lowest BCUT2D eigenvalue weighted by Crippen LogP contribution is -2.24. The van der Waals surface area contributed by atoms with Gasteiger partial charge in [0.1, 0.15) is 11.5 Å². The first-order valence-electron chi connectivity index (χ1n) is 5.84. The Morgan fingerprint density at radius 2 is 2.06 bits per heavy atom. The van der Waals surface area contributed by atoms with Gasteiger partial charge in [0.15, 0.2) is 0 Å². The molecule has 1 rings (SSSR count). The summed E-state index contributed by atoms with van der Waals surface area (Å²) in [6.07, 6.45) is 0. The molecule has 1 aromatic carbocycles. The molecule has 0 aliphatic carbocycles. The number of ether oxygens (including phenoxy) is 1. The Hall–Kier alpha value is -1.51. The van der Waals surface area contributed by atoms with E-state index in [9.17, 15) is 4.79 Å². The summed E-state index contributed by atoms with van der Waals surface area (Å²) in [5.74, 6) is 1.43. The van der Waals surface area contributed by atoms with Crippen LogP contribution < -0.4 is 9.64 Å². The van der Waals surface area contributed by atoms with E-state index in [2.05, 4.69) is 19.9 Å². The first-order valence-corrected chi connectivity index (χ1v) is 5.84. The number of hydrogen-bond donors (Lipinski definition) is 0. The van der Waals surface area contributed by atoms with Gasteiger partial charge in [0.2, 0.25) is 0 Å². The normalized spacial score (nSPS) is 10.5. The maximum Gasteiger partial charge on any atom is 0.149 e. The zero-order valence-electron chi connectivity index (χ0n) is 11.3. The molecule has 0 unspecified atom stereocenters.